The fourth-order valence-electron chi connectivity index (χ4n) is 19.2. The van der Waals surface area contributed by atoms with Crippen molar-refractivity contribution in [2.45, 2.75) is 191 Å². The van der Waals surface area contributed by atoms with Gasteiger partial charge in [0.1, 0.15) is 66.5 Å². The normalized spacial score (nSPS) is 21.9. The lowest BCUT2D eigenvalue weighted by Crippen LogP contribution is -2.46. The number of hydrogen-bond donors (Lipinski definition) is 8. The molecule has 7 fully saturated rings. The molecule has 0 bridgehead atoms. The fraction of sp³-hybridized carbons (Fsp3) is 0.410. The number of carboxylic acids is 1. The molecule has 143 heavy (non-hydrogen) atoms. The zero-order valence-corrected chi connectivity index (χ0v) is 77.6. The van der Waals surface area contributed by atoms with Crippen molar-refractivity contribution in [3.8, 4) is 39.7 Å². The number of fused-ring (bicyclic) bond motifs is 5. The molecule has 18 rings (SSSR count). The summed E-state index contributed by atoms with van der Waals surface area (Å²) in [4.78, 5) is 207. The summed E-state index contributed by atoms with van der Waals surface area (Å²) >= 11 is 0. The smallest absolute Gasteiger partial charge is 0.407 e. The number of alkyl halides is 3. The lowest BCUT2D eigenvalue weighted by atomic mass is 9.98. The van der Waals surface area contributed by atoms with E-state index in [1.165, 1.54) is 21.6 Å². The number of rotatable bonds is 28. The van der Waals surface area contributed by atoms with E-state index >= 15 is 0 Å². The van der Waals surface area contributed by atoms with E-state index in [0.717, 1.165) is 66.8 Å². The number of cyclic esters (lactones) is 2. The van der Waals surface area contributed by atoms with Crippen LogP contribution in [-0.4, -0.2) is 262 Å². The SMILES string of the molecule is CC(=O)C[C@@H]1C[C@@H](C(=O)N2C[C@@H](F)C[C@H]2C#N)NC1=O.O=C1CCC(=O)O1.[C-]#[N+][C@@H]1C[C@H](F)CN1C(=O)[C@@H]1C[C@@H](CC(=O)N2Cc3cccc(Cn4cc(-c5ccc(C(=O)NCCNC(=O)CCC(=O)O)cc5)nn4)c3C2)C(=O)N1.[C-]#[N+][C@@H]1C[C@H](F)CN1C(=O)[C@@H]1C[C@@H](CC(=O)N2Cc3cccc(Cn4cc(-c5ccc(C(=O)NCCNC(=O)OCC6c7ccccc7-c7ccccc76)cc5)nn4)c3C2)C(=O)N1. The number of amides is 12. The molecule has 742 valence electrons. The van der Waals surface area contributed by atoms with Gasteiger partial charge in [0.05, 0.1) is 83.3 Å². The molecule has 1 aliphatic carbocycles. The predicted molar refractivity (Wildman–Crippen MR) is 497 cm³/mol. The third-order valence-electron chi connectivity index (χ3n) is 26.5. The van der Waals surface area contributed by atoms with Crippen LogP contribution in [0, 0.1) is 42.2 Å². The highest BCUT2D eigenvalue weighted by atomic mass is 19.1. The van der Waals surface area contributed by atoms with E-state index in [0.29, 0.717) is 61.8 Å². The third-order valence-corrected chi connectivity index (χ3v) is 26.5. The maximum absolute atomic E-state index is 14.0. The minimum atomic E-state index is -1.28. The molecular weight excluding hydrogens is 1860 g/mol. The van der Waals surface area contributed by atoms with Crippen LogP contribution in [0.2, 0.25) is 0 Å². The van der Waals surface area contributed by atoms with Gasteiger partial charge in [-0.25, -0.2) is 40.5 Å². The first-order chi connectivity index (χ1) is 68.8. The van der Waals surface area contributed by atoms with Crippen molar-refractivity contribution in [2.75, 3.05) is 52.4 Å². The van der Waals surface area contributed by atoms with Crippen molar-refractivity contribution in [2.24, 2.45) is 17.8 Å². The fourth-order valence-corrected chi connectivity index (χ4v) is 19.2. The maximum atomic E-state index is 14.0. The molecule has 0 spiro atoms. The Balaban J connectivity index is 0.000000172. The van der Waals surface area contributed by atoms with Crippen LogP contribution in [0.15, 0.2) is 146 Å². The first-order valence-electron chi connectivity index (χ1n) is 46.8. The molecule has 12 atom stereocenters. The number of aromatic nitrogens is 6. The molecule has 8 aromatic rings. The summed E-state index contributed by atoms with van der Waals surface area (Å²) in [5.74, 6) is -7.90. The summed E-state index contributed by atoms with van der Waals surface area (Å²) in [5, 5.41) is 53.5. The number of carboxylic acid groups (broad SMARTS) is 1. The molecule has 11 heterocycles. The Morgan fingerprint density at radius 2 is 0.930 bits per heavy atom. The van der Waals surface area contributed by atoms with Crippen LogP contribution in [0.4, 0.5) is 18.0 Å². The maximum Gasteiger partial charge on any atom is 0.407 e. The van der Waals surface area contributed by atoms with Gasteiger partial charge in [-0.2, -0.15) is 5.26 Å². The molecule has 8 N–H and O–H groups in total. The molecule has 12 amide bonds. The highest BCUT2D eigenvalue weighted by molar-refractivity contribution is 5.99. The van der Waals surface area contributed by atoms with Gasteiger partial charge in [0.2, 0.25) is 41.4 Å². The zero-order chi connectivity index (χ0) is 101. The first kappa shape index (κ1) is 101. The molecule has 2 aromatic heterocycles. The number of hydrogen-bond acceptors (Lipinski definition) is 23. The largest absolute Gasteiger partial charge is 0.481 e. The number of likely N-dealkylation sites (tertiary alicyclic amines) is 3. The first-order valence-corrected chi connectivity index (χ1v) is 46.8. The number of carbonyl (C=O) groups excluding carboxylic acids is 15. The van der Waals surface area contributed by atoms with Crippen molar-refractivity contribution in [1.82, 2.24) is 91.7 Å². The van der Waals surface area contributed by atoms with Crippen LogP contribution in [0.25, 0.3) is 43.3 Å². The van der Waals surface area contributed by atoms with Crippen LogP contribution in [0.5, 0.6) is 0 Å². The molecule has 43 heteroatoms. The minimum absolute atomic E-state index is 0.0137. The van der Waals surface area contributed by atoms with E-state index in [2.05, 4.69) is 96.5 Å². The molecule has 6 aromatic carbocycles. The molecule has 7 saturated heterocycles. The van der Waals surface area contributed by atoms with E-state index in [4.69, 9.17) is 28.2 Å². The van der Waals surface area contributed by atoms with Gasteiger partial charge in [0, 0.05) is 130 Å². The molecule has 0 saturated carbocycles. The topological polar surface area (TPSA) is 506 Å². The lowest BCUT2D eigenvalue weighted by Gasteiger charge is -2.22. The standard InChI is InChI=1S/C47H44FN9O6.C36H38FN9O7.C13H16FN3O3.C4H4O3/c1-49-42-21-33(48)24-57(42)46(61)40-19-32(45(60)52-40)20-43(58)55-22-30-7-6-8-31(38(30)25-55)23-56-26-41(53-54-56)28-13-15-29(16-14-28)44(59)50-17-18-51-47(62)63-27-39-36-11-4-2-9-34(36)35-10-3-5-12-37(35)39;1-38-30-15-26(37)18-46(30)36(53)28-13-25(35(52)41-28)14-32(48)44-16-23-3-2-4-24(27(23)19-44)17-45-20-29(42-43-45)21-5-7-22(8-6-21)34(51)40-12-11-39-31(47)9-10-33(49)50;1-7(18)2-8-3-11(16-12(8)19)13(20)17-6-9(14)4-10(17)5-15;5-3-1-2-4(6)7-3/h2-16,26,32-33,39-40,42H,17-25,27H2,(H,50,59)(H,51,62)(H,52,60);2-8,20,25-26,28,30H,9-19H2,(H,39,47)(H,40,51)(H,41,52)(H,49,50);8-11H,2-4,6H2,1H3,(H,16,19);1-2H2/t32-,33-,40-,42-;25-,26-,28-,30-;8-,9+,10+,11+;/m001./s1. The molecule has 40 nitrogen and oxygen atoms in total. The second-order valence-corrected chi connectivity index (χ2v) is 36.4. The Morgan fingerprint density at radius 1 is 0.510 bits per heavy atom. The molecule has 10 aliphatic rings. The van der Waals surface area contributed by atoms with Gasteiger partial charge in [-0.05, 0) is 106 Å². The number of carbonyl (C=O) groups is 16. The zero-order valence-electron chi connectivity index (χ0n) is 77.6. The molecular formula is C100H102F3N21O19. The van der Waals surface area contributed by atoms with Crippen LogP contribution >= 0.6 is 0 Å². The van der Waals surface area contributed by atoms with Crippen LogP contribution in [0.3, 0.4) is 0 Å². The third kappa shape index (κ3) is 24.7. The second-order valence-electron chi connectivity index (χ2n) is 36.4. The average molecular weight is 1960 g/mol. The van der Waals surface area contributed by atoms with Gasteiger partial charge < -0.3 is 71.3 Å². The number of nitrogens with zero attached hydrogens (tertiary/aromatic N) is 14. The molecule has 0 unspecified atom stereocenters. The van der Waals surface area contributed by atoms with Gasteiger partial charge in [0.15, 0.2) is 0 Å². The summed E-state index contributed by atoms with van der Waals surface area (Å²) in [6.07, 6.45) is -1.99. The van der Waals surface area contributed by atoms with E-state index in [1.54, 1.807) is 73.9 Å². The van der Waals surface area contributed by atoms with E-state index in [1.807, 2.05) is 72.9 Å². The number of Topliss-reactive ketones (excluding diaryl/α,β-unsaturated/α-hetero) is 1. The number of halogens is 3. The number of ketones is 1. The van der Waals surface area contributed by atoms with Gasteiger partial charge in [-0.15, -0.1) is 10.2 Å². The highest BCUT2D eigenvalue weighted by Crippen LogP contribution is 2.45. The van der Waals surface area contributed by atoms with Crippen LogP contribution < -0.4 is 37.2 Å². The second kappa shape index (κ2) is 45.7. The van der Waals surface area contributed by atoms with E-state index < -0.39 is 132 Å². The summed E-state index contributed by atoms with van der Waals surface area (Å²) in [6.45, 7) is 18.7. The Kier molecular flexibility index (Phi) is 32.3. The number of alkyl carbamates (subject to hydrolysis) is 1. The molecule has 0 radical (unpaired) electrons. The average Bonchev–Trinajstić information content (AvgIpc) is 1.61. The number of nitriles is 1. The monoisotopic (exact) mass is 1960 g/mol. The number of nitrogens with one attached hydrogen (secondary N) is 7. The molecule has 9 aliphatic heterocycles. The van der Waals surface area contributed by atoms with Crippen molar-refractivity contribution in [1.29, 1.82) is 5.26 Å². The Hall–Kier alpha value is -16.4. The van der Waals surface area contributed by atoms with Crippen molar-refractivity contribution in [3.05, 3.63) is 224 Å². The van der Waals surface area contributed by atoms with Crippen LogP contribution in [-0.2, 0) is 111 Å². The van der Waals surface area contributed by atoms with Crippen molar-refractivity contribution < 1.29 is 104 Å². The minimum Gasteiger partial charge on any atom is -0.481 e. The Bertz CT molecular complexity index is 6360. The van der Waals surface area contributed by atoms with Gasteiger partial charge in [-0.3, -0.25) is 86.6 Å². The summed E-state index contributed by atoms with van der Waals surface area (Å²) in [7, 11) is 0. The predicted octanol–water partition coefficient (Wildman–Crippen LogP) is 5.85. The number of aliphatic carboxylic acids is 1. The van der Waals surface area contributed by atoms with E-state index in [-0.39, 0.29) is 177 Å². The summed E-state index contributed by atoms with van der Waals surface area (Å²) < 4.78 is 54.2. The van der Waals surface area contributed by atoms with Crippen molar-refractivity contribution >= 4 is 94.8 Å². The number of ether oxygens (including phenoxy) is 2. The summed E-state index contributed by atoms with van der Waals surface area (Å²) in [6, 6.07) is 40.3. The quantitative estimate of drug-likeness (QED) is 0.0123. The number of benzene rings is 6. The lowest BCUT2D eigenvalue weighted by molar-refractivity contribution is -0.152. The Morgan fingerprint density at radius 3 is 1.36 bits per heavy atom. The van der Waals surface area contributed by atoms with Crippen LogP contribution in [0.1, 0.15) is 162 Å². The van der Waals surface area contributed by atoms with Gasteiger partial charge in [0.25, 0.3) is 23.6 Å². The van der Waals surface area contributed by atoms with Gasteiger partial charge >= 0.3 is 36.3 Å². The van der Waals surface area contributed by atoms with Gasteiger partial charge in [-0.1, -0.05) is 120 Å². The Labute approximate surface area is 817 Å². The number of esters is 2. The highest BCUT2D eigenvalue weighted by Gasteiger charge is 2.50. The summed E-state index contributed by atoms with van der Waals surface area (Å²) in [5.41, 5.74) is 14.0. The van der Waals surface area contributed by atoms with Crippen molar-refractivity contribution in [3.63, 3.8) is 0 Å². The van der Waals surface area contributed by atoms with E-state index in [9.17, 15) is 89.9 Å².